The van der Waals surface area contributed by atoms with Gasteiger partial charge in [-0.1, -0.05) is 54.6 Å². The highest BCUT2D eigenvalue weighted by atomic mass is 32.1. The molecule has 0 aliphatic carbocycles. The van der Waals surface area contributed by atoms with Crippen LogP contribution in [-0.4, -0.2) is 40.9 Å². The zero-order valence-electron chi connectivity index (χ0n) is 19.3. The summed E-state index contributed by atoms with van der Waals surface area (Å²) in [5.74, 6) is 0.700. The fourth-order valence-corrected chi connectivity index (χ4v) is 4.03. The molecule has 34 heavy (non-hydrogen) atoms. The van der Waals surface area contributed by atoms with Gasteiger partial charge in [-0.05, 0) is 67.6 Å². The number of anilines is 1. The number of fused-ring (bicyclic) bond motifs is 1. The highest BCUT2D eigenvalue weighted by Crippen LogP contribution is 2.19. The van der Waals surface area contributed by atoms with E-state index in [1.165, 1.54) is 5.56 Å². The van der Waals surface area contributed by atoms with Gasteiger partial charge in [-0.3, -0.25) is 4.79 Å². The number of aromatic amines is 1. The van der Waals surface area contributed by atoms with Crippen LogP contribution in [-0.2, 0) is 13.1 Å². The molecule has 0 atom stereocenters. The third kappa shape index (κ3) is 6.50. The van der Waals surface area contributed by atoms with Gasteiger partial charge in [-0.15, -0.1) is 0 Å². The Hall–Kier alpha value is -3.55. The van der Waals surface area contributed by atoms with Crippen molar-refractivity contribution in [2.45, 2.75) is 19.5 Å². The minimum absolute atomic E-state index is 0.0489. The third-order valence-electron chi connectivity index (χ3n) is 5.61. The van der Waals surface area contributed by atoms with Crippen LogP contribution in [0.2, 0.25) is 0 Å². The van der Waals surface area contributed by atoms with Crippen LogP contribution in [0.25, 0.3) is 10.9 Å². The van der Waals surface area contributed by atoms with Gasteiger partial charge >= 0.3 is 0 Å². The average molecular weight is 472 g/mol. The minimum Gasteiger partial charge on any atom is -0.365 e. The molecule has 0 spiro atoms. The topological polar surface area (TPSA) is 73.1 Å². The van der Waals surface area contributed by atoms with Crippen molar-refractivity contribution >= 4 is 34.8 Å². The van der Waals surface area contributed by atoms with E-state index in [0.717, 1.165) is 41.8 Å². The number of benzene rings is 3. The molecule has 6 nitrogen and oxygen atoms in total. The first-order valence-electron chi connectivity index (χ1n) is 11.4. The Morgan fingerprint density at radius 3 is 2.50 bits per heavy atom. The summed E-state index contributed by atoms with van der Waals surface area (Å²) in [6, 6.07) is 26.0. The predicted octanol–water partition coefficient (Wildman–Crippen LogP) is 5.16. The highest BCUT2D eigenvalue weighted by Gasteiger charge is 2.07. The number of H-pyrrole nitrogens is 1. The summed E-state index contributed by atoms with van der Waals surface area (Å²) in [6.45, 7) is 3.07. The quantitative estimate of drug-likeness (QED) is 0.220. The van der Waals surface area contributed by atoms with Crippen molar-refractivity contribution in [1.29, 1.82) is 0 Å². The van der Waals surface area contributed by atoms with Crippen LogP contribution in [0.3, 0.4) is 0 Å². The normalized spacial score (nSPS) is 11.0. The van der Waals surface area contributed by atoms with Crippen molar-refractivity contribution in [3.63, 3.8) is 0 Å². The van der Waals surface area contributed by atoms with Crippen LogP contribution in [0.5, 0.6) is 0 Å². The molecular weight excluding hydrogens is 442 g/mol. The lowest BCUT2D eigenvalue weighted by atomic mass is 10.1. The Bertz CT molecular complexity index is 1290. The summed E-state index contributed by atoms with van der Waals surface area (Å²) < 4.78 is 0.444. The molecule has 0 aliphatic rings. The van der Waals surface area contributed by atoms with E-state index >= 15 is 0 Å². The maximum Gasteiger partial charge on any atom is 0.251 e. The molecule has 0 unspecified atom stereocenters. The maximum absolute atomic E-state index is 12.5. The Morgan fingerprint density at radius 1 is 0.971 bits per heavy atom. The highest BCUT2D eigenvalue weighted by molar-refractivity contribution is 7.71. The van der Waals surface area contributed by atoms with Gasteiger partial charge in [0, 0.05) is 30.6 Å². The number of amides is 1. The summed E-state index contributed by atoms with van der Waals surface area (Å²) in [6.07, 6.45) is 0.900. The van der Waals surface area contributed by atoms with Gasteiger partial charge in [0.15, 0.2) is 4.77 Å². The van der Waals surface area contributed by atoms with Gasteiger partial charge in [0.05, 0.1) is 5.52 Å². The van der Waals surface area contributed by atoms with Gasteiger partial charge < -0.3 is 20.5 Å². The van der Waals surface area contributed by atoms with Gasteiger partial charge in [-0.2, -0.15) is 0 Å². The molecule has 1 amide bonds. The lowest BCUT2D eigenvalue weighted by molar-refractivity contribution is 0.0952. The van der Waals surface area contributed by atoms with Gasteiger partial charge in [-0.25, -0.2) is 4.98 Å². The molecule has 3 aromatic carbocycles. The molecular formula is C27H29N5OS. The van der Waals surface area contributed by atoms with Crippen molar-refractivity contribution in [2.75, 3.05) is 25.5 Å². The SMILES string of the molecule is CN(CCCNC(=O)c1ccc(CNc2nc(=S)[nH]c3ccccc23)cc1)Cc1ccccc1. The maximum atomic E-state index is 12.5. The van der Waals surface area contributed by atoms with E-state index in [9.17, 15) is 4.79 Å². The molecule has 0 bridgehead atoms. The van der Waals surface area contributed by atoms with Crippen molar-refractivity contribution in [3.8, 4) is 0 Å². The fourth-order valence-electron chi connectivity index (χ4n) is 3.83. The van der Waals surface area contributed by atoms with E-state index in [0.29, 0.717) is 23.4 Å². The molecule has 0 saturated heterocycles. The molecule has 0 radical (unpaired) electrons. The second-order valence-corrected chi connectivity index (χ2v) is 8.71. The molecule has 174 valence electrons. The minimum atomic E-state index is -0.0489. The van der Waals surface area contributed by atoms with Gasteiger partial charge in [0.2, 0.25) is 0 Å². The van der Waals surface area contributed by atoms with E-state index in [4.69, 9.17) is 12.2 Å². The molecule has 0 fully saturated rings. The van der Waals surface area contributed by atoms with Crippen molar-refractivity contribution in [2.24, 2.45) is 0 Å². The van der Waals surface area contributed by atoms with Crippen molar-refractivity contribution < 1.29 is 4.79 Å². The molecule has 1 heterocycles. The van der Waals surface area contributed by atoms with E-state index in [1.54, 1.807) is 0 Å². The number of nitrogens with one attached hydrogen (secondary N) is 3. The molecule has 1 aromatic heterocycles. The number of rotatable bonds is 10. The van der Waals surface area contributed by atoms with E-state index < -0.39 is 0 Å². The number of aromatic nitrogens is 2. The monoisotopic (exact) mass is 471 g/mol. The number of carbonyl (C=O) groups excluding carboxylic acids is 1. The molecule has 3 N–H and O–H groups in total. The summed E-state index contributed by atoms with van der Waals surface area (Å²) in [4.78, 5) is 22.3. The lowest BCUT2D eigenvalue weighted by Crippen LogP contribution is -2.28. The van der Waals surface area contributed by atoms with E-state index in [1.807, 2.05) is 54.6 Å². The third-order valence-corrected chi connectivity index (χ3v) is 5.80. The first-order valence-corrected chi connectivity index (χ1v) is 11.8. The summed E-state index contributed by atoms with van der Waals surface area (Å²) in [7, 11) is 2.10. The molecule has 4 aromatic rings. The van der Waals surface area contributed by atoms with Crippen molar-refractivity contribution in [1.82, 2.24) is 20.2 Å². The van der Waals surface area contributed by atoms with Crippen LogP contribution >= 0.6 is 12.2 Å². The number of hydrogen-bond donors (Lipinski definition) is 3. The molecule has 0 aliphatic heterocycles. The first-order chi connectivity index (χ1) is 16.6. The fraction of sp³-hybridized carbons (Fsp3) is 0.222. The first kappa shape index (κ1) is 23.6. The van der Waals surface area contributed by atoms with E-state index in [2.05, 4.69) is 56.8 Å². The Morgan fingerprint density at radius 2 is 1.71 bits per heavy atom. The predicted molar refractivity (Wildman–Crippen MR) is 140 cm³/mol. The average Bonchev–Trinajstić information content (AvgIpc) is 2.86. The van der Waals surface area contributed by atoms with Crippen molar-refractivity contribution in [3.05, 3.63) is 100 Å². The molecule has 7 heteroatoms. The standard InChI is InChI=1S/C27H29N5OS/c1-32(19-21-8-3-2-4-9-21)17-7-16-28-26(33)22-14-12-20(13-15-22)18-29-25-23-10-5-6-11-24(23)30-27(34)31-25/h2-6,8-15H,7,16-19H2,1H3,(H,28,33)(H2,29,30,31,34). The second-order valence-electron chi connectivity index (χ2n) is 8.32. The Kier molecular flexibility index (Phi) is 8.01. The van der Waals surface area contributed by atoms with Gasteiger partial charge in [0.25, 0.3) is 5.91 Å². The molecule has 4 rings (SSSR count). The second kappa shape index (κ2) is 11.5. The zero-order valence-corrected chi connectivity index (χ0v) is 20.1. The number of carbonyl (C=O) groups is 1. The number of para-hydroxylation sites is 1. The lowest BCUT2D eigenvalue weighted by Gasteiger charge is -2.16. The van der Waals surface area contributed by atoms with Crippen LogP contribution in [0.15, 0.2) is 78.9 Å². The summed E-state index contributed by atoms with van der Waals surface area (Å²) in [5, 5.41) is 7.36. The zero-order chi connectivity index (χ0) is 23.8. The Balaban J connectivity index is 1.23. The van der Waals surface area contributed by atoms with E-state index in [-0.39, 0.29) is 5.91 Å². The summed E-state index contributed by atoms with van der Waals surface area (Å²) >= 11 is 5.24. The number of nitrogens with zero attached hydrogens (tertiary/aromatic N) is 2. The largest absolute Gasteiger partial charge is 0.365 e. The smallest absolute Gasteiger partial charge is 0.251 e. The summed E-state index contributed by atoms with van der Waals surface area (Å²) in [5.41, 5.74) is 3.96. The molecule has 0 saturated carbocycles. The van der Waals surface area contributed by atoms with Crippen LogP contribution < -0.4 is 10.6 Å². The number of hydrogen-bond acceptors (Lipinski definition) is 5. The van der Waals surface area contributed by atoms with Crippen LogP contribution in [0.4, 0.5) is 5.82 Å². The Labute approximate surface area is 205 Å². The van der Waals surface area contributed by atoms with Crippen LogP contribution in [0, 0.1) is 4.77 Å². The van der Waals surface area contributed by atoms with Crippen LogP contribution in [0.1, 0.15) is 27.9 Å². The van der Waals surface area contributed by atoms with Gasteiger partial charge in [0.1, 0.15) is 5.82 Å².